The van der Waals surface area contributed by atoms with Gasteiger partial charge < -0.3 is 14.4 Å². The number of rotatable bonds is 5. The molecule has 0 spiro atoms. The minimum atomic E-state index is -3.46. The first-order valence-corrected chi connectivity index (χ1v) is 11.6. The molecule has 3 aromatic rings. The minimum absolute atomic E-state index is 0.00621. The van der Waals surface area contributed by atoms with E-state index >= 15 is 0 Å². The number of carbonyl (C=O) groups is 1. The Morgan fingerprint density at radius 2 is 1.84 bits per heavy atom. The fourth-order valence-electron chi connectivity index (χ4n) is 3.89. The summed E-state index contributed by atoms with van der Waals surface area (Å²) in [7, 11) is -1.90. The zero-order valence-corrected chi connectivity index (χ0v) is 18.6. The number of methoxy groups -OCH3 is 1. The third-order valence-corrected chi connectivity index (χ3v) is 7.41. The van der Waals surface area contributed by atoms with Crippen LogP contribution in [0, 0.1) is 6.92 Å². The van der Waals surface area contributed by atoms with Crippen molar-refractivity contribution in [1.82, 2.24) is 4.57 Å². The number of anilines is 1. The summed E-state index contributed by atoms with van der Waals surface area (Å²) in [6.07, 6.45) is 0.502. The first-order valence-electron chi connectivity index (χ1n) is 9.63. The molecule has 0 amide bonds. The molecule has 162 valence electrons. The summed E-state index contributed by atoms with van der Waals surface area (Å²) < 4.78 is 33.6. The Hall–Kier alpha value is -2.97. The number of hydrogen-bond donors (Lipinski definition) is 1. The van der Waals surface area contributed by atoms with E-state index in [0.29, 0.717) is 35.1 Å². The standard InChI is InChI=1S/C22H21ClN2O5S/c1-14-4-6-20(19-12-16(23)5-7-21(19)30-2)25(14)18-11-15(22(26)27)10-17(13-18)24-8-3-9-31(24,28)29/h4-7,10-13H,3,8-9H2,1-2H3,(H,26,27). The molecule has 4 rings (SSSR count). The molecule has 9 heteroatoms. The van der Waals surface area contributed by atoms with Gasteiger partial charge in [0.25, 0.3) is 0 Å². The van der Waals surface area contributed by atoms with Gasteiger partial charge in [0, 0.05) is 28.5 Å². The van der Waals surface area contributed by atoms with Crippen LogP contribution in [0.15, 0.2) is 48.5 Å². The summed E-state index contributed by atoms with van der Waals surface area (Å²) in [5.74, 6) is -0.473. The zero-order chi connectivity index (χ0) is 22.3. The third kappa shape index (κ3) is 3.88. The van der Waals surface area contributed by atoms with Gasteiger partial charge in [-0.3, -0.25) is 4.31 Å². The fourth-order valence-corrected chi connectivity index (χ4v) is 5.61. The van der Waals surface area contributed by atoms with Crippen molar-refractivity contribution >= 4 is 33.3 Å². The number of carboxylic acid groups (broad SMARTS) is 1. The van der Waals surface area contributed by atoms with Gasteiger partial charge in [-0.05, 0) is 61.9 Å². The fraction of sp³-hybridized carbons (Fsp3) is 0.227. The maximum absolute atomic E-state index is 12.5. The van der Waals surface area contributed by atoms with Gasteiger partial charge in [0.2, 0.25) is 10.0 Å². The van der Waals surface area contributed by atoms with E-state index in [1.165, 1.54) is 16.4 Å². The van der Waals surface area contributed by atoms with Crippen molar-refractivity contribution in [1.29, 1.82) is 0 Å². The Morgan fingerprint density at radius 1 is 1.10 bits per heavy atom. The maximum Gasteiger partial charge on any atom is 0.335 e. The highest BCUT2D eigenvalue weighted by Gasteiger charge is 2.29. The second-order valence-corrected chi connectivity index (χ2v) is 9.77. The van der Waals surface area contributed by atoms with Crippen molar-refractivity contribution in [2.45, 2.75) is 13.3 Å². The van der Waals surface area contributed by atoms with E-state index in [1.54, 1.807) is 31.4 Å². The number of hydrogen-bond acceptors (Lipinski definition) is 4. The highest BCUT2D eigenvalue weighted by molar-refractivity contribution is 7.93. The average Bonchev–Trinajstić information content (AvgIpc) is 3.29. The second-order valence-electron chi connectivity index (χ2n) is 7.32. The maximum atomic E-state index is 12.5. The Bertz CT molecular complexity index is 1280. The molecule has 0 aliphatic carbocycles. The molecule has 2 heterocycles. The smallest absolute Gasteiger partial charge is 0.335 e. The van der Waals surface area contributed by atoms with Crippen LogP contribution in [0.25, 0.3) is 16.9 Å². The Balaban J connectivity index is 1.95. The topological polar surface area (TPSA) is 88.8 Å². The van der Waals surface area contributed by atoms with Gasteiger partial charge in [-0.25, -0.2) is 13.2 Å². The summed E-state index contributed by atoms with van der Waals surface area (Å²) in [5, 5.41) is 10.2. The molecule has 1 aliphatic rings. The van der Waals surface area contributed by atoms with Crippen molar-refractivity contribution in [2.75, 3.05) is 23.7 Å². The molecule has 1 N–H and O–H groups in total. The molecule has 1 aliphatic heterocycles. The quantitative estimate of drug-likeness (QED) is 0.611. The van der Waals surface area contributed by atoms with Gasteiger partial charge in [-0.1, -0.05) is 11.6 Å². The number of aromatic nitrogens is 1. The highest BCUT2D eigenvalue weighted by Crippen LogP contribution is 2.37. The summed E-state index contributed by atoms with van der Waals surface area (Å²) in [4.78, 5) is 11.8. The van der Waals surface area contributed by atoms with Crippen LogP contribution in [0.4, 0.5) is 5.69 Å². The van der Waals surface area contributed by atoms with E-state index in [2.05, 4.69) is 0 Å². The molecular formula is C22H21ClN2O5S. The number of nitrogens with zero attached hydrogens (tertiary/aromatic N) is 2. The molecule has 1 fully saturated rings. The lowest BCUT2D eigenvalue weighted by molar-refractivity contribution is 0.0697. The number of ether oxygens (including phenoxy) is 1. The molecule has 0 radical (unpaired) electrons. The largest absolute Gasteiger partial charge is 0.496 e. The Morgan fingerprint density at radius 3 is 2.48 bits per heavy atom. The molecule has 0 bridgehead atoms. The first kappa shape index (κ1) is 21.3. The lowest BCUT2D eigenvalue weighted by Crippen LogP contribution is -2.25. The van der Waals surface area contributed by atoms with Crippen LogP contribution in [0.5, 0.6) is 5.75 Å². The number of carboxylic acids is 1. The predicted octanol–water partition coefficient (Wildman–Crippen LogP) is 4.35. The van der Waals surface area contributed by atoms with Crippen molar-refractivity contribution in [3.05, 3.63) is 64.8 Å². The molecule has 2 aromatic carbocycles. The normalized spacial score (nSPS) is 15.3. The minimum Gasteiger partial charge on any atom is -0.496 e. The van der Waals surface area contributed by atoms with E-state index in [-0.39, 0.29) is 11.3 Å². The van der Waals surface area contributed by atoms with Crippen LogP contribution in [0.1, 0.15) is 22.5 Å². The van der Waals surface area contributed by atoms with Crippen LogP contribution >= 0.6 is 11.6 Å². The van der Waals surface area contributed by atoms with Crippen molar-refractivity contribution in [3.63, 3.8) is 0 Å². The van der Waals surface area contributed by atoms with Crippen LogP contribution in [0.3, 0.4) is 0 Å². The van der Waals surface area contributed by atoms with E-state index in [1.807, 2.05) is 23.6 Å². The number of sulfonamides is 1. The van der Waals surface area contributed by atoms with Crippen molar-refractivity contribution in [2.24, 2.45) is 0 Å². The Labute approximate surface area is 185 Å². The SMILES string of the molecule is COc1ccc(Cl)cc1-c1ccc(C)n1-c1cc(C(=O)O)cc(N2CCCS2(=O)=O)c1. The average molecular weight is 461 g/mol. The van der Waals surface area contributed by atoms with Gasteiger partial charge in [-0.15, -0.1) is 0 Å². The molecule has 1 aromatic heterocycles. The van der Waals surface area contributed by atoms with Crippen molar-refractivity contribution < 1.29 is 23.1 Å². The summed E-state index contributed by atoms with van der Waals surface area (Å²) >= 11 is 6.22. The van der Waals surface area contributed by atoms with E-state index in [9.17, 15) is 18.3 Å². The van der Waals surface area contributed by atoms with Gasteiger partial charge in [0.1, 0.15) is 5.75 Å². The number of aromatic carboxylic acids is 1. The summed E-state index contributed by atoms with van der Waals surface area (Å²) in [6, 6.07) is 13.7. The molecule has 31 heavy (non-hydrogen) atoms. The Kier molecular flexibility index (Phi) is 5.45. The van der Waals surface area contributed by atoms with Crippen LogP contribution < -0.4 is 9.04 Å². The van der Waals surface area contributed by atoms with Gasteiger partial charge in [0.15, 0.2) is 0 Å². The molecule has 1 saturated heterocycles. The first-order chi connectivity index (χ1) is 14.7. The van der Waals surface area contributed by atoms with Gasteiger partial charge >= 0.3 is 5.97 Å². The summed E-state index contributed by atoms with van der Waals surface area (Å²) in [6.45, 7) is 2.21. The van der Waals surface area contributed by atoms with Crippen LogP contribution in [-0.2, 0) is 10.0 Å². The van der Waals surface area contributed by atoms with Gasteiger partial charge in [-0.2, -0.15) is 0 Å². The molecule has 0 atom stereocenters. The number of aryl methyl sites for hydroxylation is 1. The third-order valence-electron chi connectivity index (χ3n) is 5.31. The van der Waals surface area contributed by atoms with Gasteiger partial charge in [0.05, 0.1) is 29.8 Å². The molecule has 0 saturated carbocycles. The lowest BCUT2D eigenvalue weighted by atomic mass is 10.1. The molecule has 0 unspecified atom stereocenters. The van der Waals surface area contributed by atoms with Crippen LogP contribution in [-0.4, -0.2) is 43.5 Å². The van der Waals surface area contributed by atoms with E-state index < -0.39 is 16.0 Å². The predicted molar refractivity (Wildman–Crippen MR) is 120 cm³/mol. The number of halogens is 1. The van der Waals surface area contributed by atoms with E-state index in [4.69, 9.17) is 16.3 Å². The number of benzene rings is 2. The lowest BCUT2D eigenvalue weighted by Gasteiger charge is -2.21. The van der Waals surface area contributed by atoms with E-state index in [0.717, 1.165) is 17.0 Å². The highest BCUT2D eigenvalue weighted by atomic mass is 35.5. The molecule has 7 nitrogen and oxygen atoms in total. The molecular weight excluding hydrogens is 440 g/mol. The second kappa shape index (κ2) is 7.94. The van der Waals surface area contributed by atoms with Crippen LogP contribution in [0.2, 0.25) is 5.02 Å². The zero-order valence-electron chi connectivity index (χ0n) is 17.0. The monoisotopic (exact) mass is 460 g/mol. The van der Waals surface area contributed by atoms with Crippen molar-refractivity contribution in [3.8, 4) is 22.7 Å². The summed E-state index contributed by atoms with van der Waals surface area (Å²) in [5.41, 5.74) is 3.20.